The lowest BCUT2D eigenvalue weighted by Gasteiger charge is -2.09. The van der Waals surface area contributed by atoms with Crippen LogP contribution in [0.2, 0.25) is 0 Å². The lowest BCUT2D eigenvalue weighted by Crippen LogP contribution is -2.09. The van der Waals surface area contributed by atoms with Gasteiger partial charge in [-0.15, -0.1) is 0 Å². The number of benzene rings is 3. The second kappa shape index (κ2) is 14.3. The van der Waals surface area contributed by atoms with Gasteiger partial charge in [-0.25, -0.2) is 9.18 Å². The summed E-state index contributed by atoms with van der Waals surface area (Å²) in [7, 11) is 0. The van der Waals surface area contributed by atoms with Crippen LogP contribution in [0, 0.1) is 5.82 Å². The Morgan fingerprint density at radius 2 is 1.37 bits per heavy atom. The molecule has 35 heavy (non-hydrogen) atoms. The third-order valence-corrected chi connectivity index (χ3v) is 6.09. The number of esters is 1. The monoisotopic (exact) mass is 476 g/mol. The highest BCUT2D eigenvalue weighted by Crippen LogP contribution is 2.25. The summed E-state index contributed by atoms with van der Waals surface area (Å²) in [6, 6.07) is 20.2. The molecule has 3 aromatic rings. The van der Waals surface area contributed by atoms with E-state index in [1.54, 1.807) is 12.1 Å². The largest absolute Gasteiger partial charge is 0.491 e. The van der Waals surface area contributed by atoms with Gasteiger partial charge in [0.15, 0.2) is 11.6 Å². The molecule has 0 aliphatic carbocycles. The van der Waals surface area contributed by atoms with Crippen molar-refractivity contribution < 1.29 is 18.7 Å². The summed E-state index contributed by atoms with van der Waals surface area (Å²) < 4.78 is 25.2. The molecule has 0 N–H and O–H groups in total. The van der Waals surface area contributed by atoms with E-state index >= 15 is 0 Å². The molecule has 0 aromatic heterocycles. The number of carbonyl (C=O) groups is 1. The number of unbranched alkanes of at least 4 members (excludes halogenated alkanes) is 6. The first kappa shape index (κ1) is 26.5. The van der Waals surface area contributed by atoms with Crippen LogP contribution < -0.4 is 9.47 Å². The molecule has 0 spiro atoms. The summed E-state index contributed by atoms with van der Waals surface area (Å²) in [6.45, 7) is 4.80. The maximum atomic E-state index is 14.3. The number of aryl methyl sites for hydroxylation is 1. The molecule has 0 saturated carbocycles. The Labute approximate surface area is 209 Å². The van der Waals surface area contributed by atoms with Crippen LogP contribution in [-0.2, 0) is 6.42 Å². The second-order valence-corrected chi connectivity index (χ2v) is 8.98. The summed E-state index contributed by atoms with van der Waals surface area (Å²) >= 11 is 0. The first-order chi connectivity index (χ1) is 17.1. The molecule has 0 atom stereocenters. The number of rotatable bonds is 14. The molecule has 0 saturated heterocycles. The van der Waals surface area contributed by atoms with Crippen LogP contribution in [0.25, 0.3) is 11.1 Å². The van der Waals surface area contributed by atoms with Crippen LogP contribution in [0.3, 0.4) is 0 Å². The fourth-order valence-electron chi connectivity index (χ4n) is 3.96. The van der Waals surface area contributed by atoms with Gasteiger partial charge >= 0.3 is 5.97 Å². The zero-order valence-corrected chi connectivity index (χ0v) is 21.0. The van der Waals surface area contributed by atoms with Gasteiger partial charge in [0.25, 0.3) is 0 Å². The van der Waals surface area contributed by atoms with Crippen molar-refractivity contribution in [2.75, 3.05) is 6.61 Å². The lowest BCUT2D eigenvalue weighted by atomic mass is 10.0. The summed E-state index contributed by atoms with van der Waals surface area (Å²) in [6.07, 6.45) is 10.5. The van der Waals surface area contributed by atoms with Crippen molar-refractivity contribution in [3.05, 3.63) is 83.7 Å². The highest BCUT2D eigenvalue weighted by atomic mass is 19.1. The van der Waals surface area contributed by atoms with Crippen LogP contribution >= 0.6 is 0 Å². The van der Waals surface area contributed by atoms with Gasteiger partial charge in [0, 0.05) is 0 Å². The number of hydrogen-bond acceptors (Lipinski definition) is 3. The van der Waals surface area contributed by atoms with E-state index in [2.05, 4.69) is 38.1 Å². The molecular formula is C31H37FO3. The maximum Gasteiger partial charge on any atom is 0.343 e. The Morgan fingerprint density at radius 1 is 0.743 bits per heavy atom. The van der Waals surface area contributed by atoms with Crippen LogP contribution in [0.15, 0.2) is 66.7 Å². The number of carbonyl (C=O) groups excluding carboxylic acids is 1. The van der Waals surface area contributed by atoms with Gasteiger partial charge < -0.3 is 9.47 Å². The first-order valence-corrected chi connectivity index (χ1v) is 12.9. The molecular weight excluding hydrogens is 439 g/mol. The predicted octanol–water partition coefficient (Wildman–Crippen LogP) is 8.79. The van der Waals surface area contributed by atoms with Crippen LogP contribution in [0.4, 0.5) is 4.39 Å². The fraction of sp³-hybridized carbons (Fsp3) is 0.387. The van der Waals surface area contributed by atoms with Crippen molar-refractivity contribution in [1.82, 2.24) is 0 Å². The molecule has 0 unspecified atom stereocenters. The van der Waals surface area contributed by atoms with Gasteiger partial charge in [-0.05, 0) is 66.3 Å². The minimum atomic E-state index is -0.600. The fourth-order valence-corrected chi connectivity index (χ4v) is 3.96. The smallest absolute Gasteiger partial charge is 0.343 e. The standard InChI is InChI=1S/C31H37FO3/c1-3-5-7-8-9-11-24-12-14-25(15-13-24)26-16-19-28(20-17-26)35-31(33)27-18-21-30(29(32)23-27)34-22-10-6-4-2/h12-21,23H,3-11,22H2,1-2H3. The van der Waals surface area contributed by atoms with Crippen molar-refractivity contribution in [2.45, 2.75) is 71.6 Å². The van der Waals surface area contributed by atoms with Gasteiger partial charge in [-0.3, -0.25) is 0 Å². The van der Waals surface area contributed by atoms with Crippen LogP contribution in [0.5, 0.6) is 11.5 Å². The SMILES string of the molecule is CCCCCCCc1ccc(-c2ccc(OC(=O)c3ccc(OCCCCC)c(F)c3)cc2)cc1. The van der Waals surface area contributed by atoms with E-state index in [0.29, 0.717) is 12.4 Å². The normalized spacial score (nSPS) is 10.8. The van der Waals surface area contributed by atoms with Gasteiger partial charge in [0.05, 0.1) is 12.2 Å². The summed E-state index contributed by atoms with van der Waals surface area (Å²) in [4.78, 5) is 12.5. The number of halogens is 1. The highest BCUT2D eigenvalue weighted by molar-refractivity contribution is 5.91. The summed E-state index contributed by atoms with van der Waals surface area (Å²) in [5.74, 6) is -0.583. The van der Waals surface area contributed by atoms with Gasteiger partial charge in [0.1, 0.15) is 5.75 Å². The van der Waals surface area contributed by atoms with Crippen molar-refractivity contribution in [2.24, 2.45) is 0 Å². The van der Waals surface area contributed by atoms with Gasteiger partial charge in [-0.2, -0.15) is 0 Å². The zero-order chi connectivity index (χ0) is 24.9. The first-order valence-electron chi connectivity index (χ1n) is 12.9. The van der Waals surface area contributed by atoms with E-state index < -0.39 is 11.8 Å². The Morgan fingerprint density at radius 3 is 2.03 bits per heavy atom. The minimum absolute atomic E-state index is 0.151. The van der Waals surface area contributed by atoms with E-state index in [1.165, 1.54) is 49.8 Å². The molecule has 0 bridgehead atoms. The average Bonchev–Trinajstić information content (AvgIpc) is 2.88. The lowest BCUT2D eigenvalue weighted by molar-refractivity contribution is 0.0734. The zero-order valence-electron chi connectivity index (χ0n) is 21.0. The van der Waals surface area contributed by atoms with Crippen molar-refractivity contribution in [3.63, 3.8) is 0 Å². The summed E-state index contributed by atoms with van der Waals surface area (Å²) in [5, 5.41) is 0. The molecule has 0 heterocycles. The molecule has 0 aliphatic rings. The van der Waals surface area contributed by atoms with Gasteiger partial charge in [-0.1, -0.05) is 88.8 Å². The van der Waals surface area contributed by atoms with E-state index in [0.717, 1.165) is 42.9 Å². The Bertz CT molecular complexity index is 1040. The molecule has 0 fully saturated rings. The molecule has 3 aromatic carbocycles. The quantitative estimate of drug-likeness (QED) is 0.132. The third kappa shape index (κ3) is 8.54. The molecule has 3 nitrogen and oxygen atoms in total. The molecule has 186 valence electrons. The maximum absolute atomic E-state index is 14.3. The van der Waals surface area contributed by atoms with Crippen molar-refractivity contribution in [1.29, 1.82) is 0 Å². The Balaban J connectivity index is 1.52. The van der Waals surface area contributed by atoms with Crippen molar-refractivity contribution in [3.8, 4) is 22.6 Å². The topological polar surface area (TPSA) is 35.5 Å². The predicted molar refractivity (Wildman–Crippen MR) is 141 cm³/mol. The van der Waals surface area contributed by atoms with E-state index in [-0.39, 0.29) is 11.3 Å². The van der Waals surface area contributed by atoms with E-state index in [4.69, 9.17) is 9.47 Å². The van der Waals surface area contributed by atoms with Gasteiger partial charge in [0.2, 0.25) is 0 Å². The van der Waals surface area contributed by atoms with Crippen molar-refractivity contribution >= 4 is 5.97 Å². The highest BCUT2D eigenvalue weighted by Gasteiger charge is 2.13. The Kier molecular flexibility index (Phi) is 10.8. The molecule has 3 rings (SSSR count). The minimum Gasteiger partial charge on any atom is -0.491 e. The van der Waals surface area contributed by atoms with E-state index in [9.17, 15) is 9.18 Å². The van der Waals surface area contributed by atoms with Crippen LogP contribution in [-0.4, -0.2) is 12.6 Å². The number of hydrogen-bond donors (Lipinski definition) is 0. The Hall–Kier alpha value is -3.14. The number of ether oxygens (including phenoxy) is 2. The summed E-state index contributed by atoms with van der Waals surface area (Å²) in [5.41, 5.74) is 3.68. The molecule has 0 aliphatic heterocycles. The van der Waals surface area contributed by atoms with Crippen LogP contribution in [0.1, 0.15) is 81.1 Å². The molecule has 4 heteroatoms. The molecule has 0 radical (unpaired) electrons. The third-order valence-electron chi connectivity index (χ3n) is 6.09. The average molecular weight is 477 g/mol. The van der Waals surface area contributed by atoms with E-state index in [1.807, 2.05) is 12.1 Å². The second-order valence-electron chi connectivity index (χ2n) is 8.98. The molecule has 0 amide bonds.